The maximum Gasteiger partial charge on any atom is 0.247 e. The van der Waals surface area contributed by atoms with Crippen LogP contribution in [0.4, 0.5) is 0 Å². The van der Waals surface area contributed by atoms with E-state index < -0.39 is 10.0 Å². The molecule has 0 unspecified atom stereocenters. The molecule has 1 aromatic rings. The normalized spacial score (nSPS) is 12.2. The average molecular weight is 302 g/mol. The first kappa shape index (κ1) is 16.6. The molecule has 2 N–H and O–H groups in total. The first-order chi connectivity index (χ1) is 9.20. The fraction of sp³-hybridized carbons (Fsp3) is 0.667. The number of hydrogen-bond acceptors (Lipinski definition) is 4. The van der Waals surface area contributed by atoms with E-state index in [1.807, 2.05) is 13.8 Å². The second-order valence-corrected chi connectivity index (χ2v) is 6.79. The highest BCUT2D eigenvalue weighted by atomic mass is 32.2. The number of amides is 1. The smallest absolute Gasteiger partial charge is 0.247 e. The third-order valence-corrected chi connectivity index (χ3v) is 4.97. The van der Waals surface area contributed by atoms with Gasteiger partial charge in [-0.3, -0.25) is 9.89 Å². The summed E-state index contributed by atoms with van der Waals surface area (Å²) < 4.78 is 26.3. The number of aryl methyl sites for hydroxylation is 2. The predicted octanol–water partition coefficient (Wildman–Crippen LogP) is 0.562. The summed E-state index contributed by atoms with van der Waals surface area (Å²) in [5.41, 5.74) is 0.885. The lowest BCUT2D eigenvalue weighted by molar-refractivity contribution is -0.121. The predicted molar refractivity (Wildman–Crippen MR) is 75.8 cm³/mol. The van der Waals surface area contributed by atoms with Gasteiger partial charge in [-0.25, -0.2) is 8.42 Å². The lowest BCUT2D eigenvalue weighted by atomic mass is 10.4. The van der Waals surface area contributed by atoms with Crippen LogP contribution in [-0.4, -0.2) is 48.0 Å². The molecule has 1 heterocycles. The average Bonchev–Trinajstić information content (AvgIpc) is 2.65. The van der Waals surface area contributed by atoms with Crippen LogP contribution in [0.2, 0.25) is 0 Å². The number of aromatic amines is 1. The van der Waals surface area contributed by atoms with Crippen LogP contribution >= 0.6 is 0 Å². The van der Waals surface area contributed by atoms with Gasteiger partial charge in [0.1, 0.15) is 4.90 Å². The van der Waals surface area contributed by atoms with Crippen LogP contribution in [0.15, 0.2) is 4.90 Å². The van der Waals surface area contributed by atoms with E-state index in [0.717, 1.165) is 4.31 Å². The number of carbonyl (C=O) groups excluding carboxylic acids is 1. The van der Waals surface area contributed by atoms with Gasteiger partial charge in [-0.15, -0.1) is 0 Å². The standard InChI is InChI=1S/C12H22N4O3S/c1-6-16(7-11(17)13-8(2)3)20(18,19)12-9(4)14-15-10(12)5/h8H,6-7H2,1-5H3,(H,13,17)(H,14,15). The molecule has 0 spiro atoms. The van der Waals surface area contributed by atoms with Crippen molar-refractivity contribution in [2.24, 2.45) is 0 Å². The molecule has 0 aliphatic rings. The highest BCUT2D eigenvalue weighted by molar-refractivity contribution is 7.89. The lowest BCUT2D eigenvalue weighted by Crippen LogP contribution is -2.42. The molecule has 0 aromatic carbocycles. The van der Waals surface area contributed by atoms with Crippen molar-refractivity contribution in [3.63, 3.8) is 0 Å². The Labute approximate surface area is 119 Å². The van der Waals surface area contributed by atoms with Gasteiger partial charge in [-0.2, -0.15) is 9.40 Å². The van der Waals surface area contributed by atoms with Gasteiger partial charge in [-0.1, -0.05) is 6.92 Å². The zero-order valence-electron chi connectivity index (χ0n) is 12.5. The lowest BCUT2D eigenvalue weighted by Gasteiger charge is -2.20. The van der Waals surface area contributed by atoms with Crippen LogP contribution in [-0.2, 0) is 14.8 Å². The Morgan fingerprint density at radius 2 is 2.00 bits per heavy atom. The van der Waals surface area contributed by atoms with Gasteiger partial charge >= 0.3 is 0 Å². The van der Waals surface area contributed by atoms with Crippen LogP contribution < -0.4 is 5.32 Å². The Morgan fingerprint density at radius 1 is 1.40 bits per heavy atom. The van der Waals surface area contributed by atoms with Crippen LogP contribution in [0, 0.1) is 13.8 Å². The molecule has 114 valence electrons. The molecule has 1 amide bonds. The van der Waals surface area contributed by atoms with Gasteiger partial charge in [0.15, 0.2) is 0 Å². The van der Waals surface area contributed by atoms with Gasteiger partial charge < -0.3 is 5.32 Å². The Balaban J connectivity index is 3.03. The molecule has 8 heteroatoms. The molecule has 0 saturated carbocycles. The highest BCUT2D eigenvalue weighted by Gasteiger charge is 2.30. The summed E-state index contributed by atoms with van der Waals surface area (Å²) in [7, 11) is -3.72. The summed E-state index contributed by atoms with van der Waals surface area (Å²) in [6, 6.07) is -0.0266. The Kier molecular flexibility index (Phi) is 5.29. The van der Waals surface area contributed by atoms with E-state index in [1.54, 1.807) is 20.8 Å². The first-order valence-corrected chi connectivity index (χ1v) is 7.95. The minimum absolute atomic E-state index is 0.0266. The summed E-state index contributed by atoms with van der Waals surface area (Å²) in [6.45, 7) is 8.65. The summed E-state index contributed by atoms with van der Waals surface area (Å²) in [5, 5.41) is 9.23. The number of carbonyl (C=O) groups is 1. The number of likely N-dealkylation sites (N-methyl/N-ethyl adjacent to an activating group) is 1. The molecule has 1 rings (SSSR count). The number of hydrogen-bond donors (Lipinski definition) is 2. The molecule has 0 fully saturated rings. The van der Waals surface area contributed by atoms with Gasteiger partial charge in [0.05, 0.1) is 17.9 Å². The van der Waals surface area contributed by atoms with Crippen molar-refractivity contribution in [3.8, 4) is 0 Å². The van der Waals surface area contributed by atoms with Crippen molar-refractivity contribution < 1.29 is 13.2 Å². The Hall–Kier alpha value is -1.41. The summed E-state index contributed by atoms with van der Waals surface area (Å²) in [5.74, 6) is -0.316. The largest absolute Gasteiger partial charge is 0.353 e. The molecule has 1 aromatic heterocycles. The van der Waals surface area contributed by atoms with Gasteiger partial charge in [0, 0.05) is 12.6 Å². The first-order valence-electron chi connectivity index (χ1n) is 6.51. The number of rotatable bonds is 6. The van der Waals surface area contributed by atoms with Crippen molar-refractivity contribution in [2.45, 2.75) is 45.6 Å². The molecule has 0 radical (unpaired) electrons. The van der Waals surface area contributed by atoms with E-state index in [9.17, 15) is 13.2 Å². The van der Waals surface area contributed by atoms with E-state index in [-0.39, 0.29) is 29.9 Å². The van der Waals surface area contributed by atoms with E-state index in [1.165, 1.54) is 0 Å². The molecular weight excluding hydrogens is 280 g/mol. The van der Waals surface area contributed by atoms with E-state index in [2.05, 4.69) is 15.5 Å². The number of nitrogens with one attached hydrogen (secondary N) is 2. The molecule has 20 heavy (non-hydrogen) atoms. The second kappa shape index (κ2) is 6.36. The monoisotopic (exact) mass is 302 g/mol. The van der Waals surface area contributed by atoms with E-state index in [0.29, 0.717) is 11.4 Å². The van der Waals surface area contributed by atoms with Crippen molar-refractivity contribution in [1.82, 2.24) is 19.8 Å². The zero-order chi connectivity index (χ0) is 15.5. The summed E-state index contributed by atoms with van der Waals surface area (Å²) >= 11 is 0. The number of sulfonamides is 1. The van der Waals surface area contributed by atoms with Gasteiger partial charge in [0.2, 0.25) is 15.9 Å². The van der Waals surface area contributed by atoms with Crippen molar-refractivity contribution in [3.05, 3.63) is 11.4 Å². The van der Waals surface area contributed by atoms with E-state index >= 15 is 0 Å². The number of nitrogens with zero attached hydrogens (tertiary/aromatic N) is 2. The molecular formula is C12H22N4O3S. The summed E-state index contributed by atoms with van der Waals surface area (Å²) in [4.78, 5) is 11.9. The van der Waals surface area contributed by atoms with Gasteiger partial charge in [-0.05, 0) is 27.7 Å². The molecule has 7 nitrogen and oxygen atoms in total. The molecule has 0 bridgehead atoms. The Bertz CT molecular complexity index is 558. The number of H-pyrrole nitrogens is 1. The second-order valence-electron chi connectivity index (χ2n) is 4.92. The van der Waals surface area contributed by atoms with Crippen molar-refractivity contribution in [2.75, 3.05) is 13.1 Å². The quantitative estimate of drug-likeness (QED) is 0.802. The maximum atomic E-state index is 12.6. The molecule has 0 saturated heterocycles. The third-order valence-electron chi connectivity index (χ3n) is 2.78. The molecule has 0 aliphatic carbocycles. The van der Waals surface area contributed by atoms with Crippen LogP contribution in [0.1, 0.15) is 32.2 Å². The van der Waals surface area contributed by atoms with Crippen LogP contribution in [0.25, 0.3) is 0 Å². The fourth-order valence-corrected chi connectivity index (χ4v) is 3.68. The topological polar surface area (TPSA) is 95.2 Å². The maximum absolute atomic E-state index is 12.6. The van der Waals surface area contributed by atoms with E-state index in [4.69, 9.17) is 0 Å². The minimum atomic E-state index is -3.72. The minimum Gasteiger partial charge on any atom is -0.353 e. The zero-order valence-corrected chi connectivity index (χ0v) is 13.3. The van der Waals surface area contributed by atoms with Gasteiger partial charge in [0.25, 0.3) is 0 Å². The highest BCUT2D eigenvalue weighted by Crippen LogP contribution is 2.21. The fourth-order valence-electron chi connectivity index (χ4n) is 1.94. The number of aromatic nitrogens is 2. The van der Waals surface area contributed by atoms with Crippen LogP contribution in [0.5, 0.6) is 0 Å². The molecule has 0 aliphatic heterocycles. The van der Waals surface area contributed by atoms with Crippen molar-refractivity contribution >= 4 is 15.9 Å². The SMILES string of the molecule is CCN(CC(=O)NC(C)C)S(=O)(=O)c1c(C)n[nH]c1C. The third kappa shape index (κ3) is 3.57. The molecule has 0 atom stereocenters. The van der Waals surface area contributed by atoms with Crippen LogP contribution in [0.3, 0.4) is 0 Å². The van der Waals surface area contributed by atoms with Crippen molar-refractivity contribution in [1.29, 1.82) is 0 Å². The Morgan fingerprint density at radius 3 is 2.40 bits per heavy atom. The summed E-state index contributed by atoms with van der Waals surface area (Å²) in [6.07, 6.45) is 0.